The van der Waals surface area contributed by atoms with Crippen LogP contribution in [0.15, 0.2) is 112 Å². The summed E-state index contributed by atoms with van der Waals surface area (Å²) >= 11 is 0. The van der Waals surface area contributed by atoms with Gasteiger partial charge in [0.2, 0.25) is 11.8 Å². The highest BCUT2D eigenvalue weighted by Crippen LogP contribution is 2.59. The van der Waals surface area contributed by atoms with Crippen molar-refractivity contribution >= 4 is 22.6 Å². The monoisotopic (exact) mass is 553 g/mol. The van der Waals surface area contributed by atoms with E-state index in [1.165, 1.54) is 12.1 Å². The van der Waals surface area contributed by atoms with Gasteiger partial charge in [-0.15, -0.1) is 0 Å². The molecule has 8 heteroatoms. The van der Waals surface area contributed by atoms with Crippen LogP contribution in [0.3, 0.4) is 0 Å². The molecule has 3 heterocycles. The number of benzene rings is 4. The predicted octanol–water partition coefficient (Wildman–Crippen LogP) is 5.39. The van der Waals surface area contributed by atoms with Crippen LogP contribution in [0.2, 0.25) is 0 Å². The smallest absolute Gasteiger partial charge is 0.248 e. The fourth-order valence-corrected chi connectivity index (χ4v) is 6.22. The third kappa shape index (κ3) is 3.34. The molecule has 1 amide bonds. The van der Waals surface area contributed by atoms with Crippen LogP contribution in [0, 0.1) is 18.3 Å². The van der Waals surface area contributed by atoms with Crippen molar-refractivity contribution in [1.29, 1.82) is 5.26 Å². The lowest BCUT2D eigenvalue weighted by atomic mass is 9.68. The normalized spacial score (nSPS) is 17.2. The molecule has 204 valence electrons. The highest BCUT2D eigenvalue weighted by atomic mass is 16.5. The van der Waals surface area contributed by atoms with Crippen LogP contribution in [0.1, 0.15) is 22.3 Å². The maximum atomic E-state index is 14.8. The molecule has 1 unspecified atom stereocenters. The van der Waals surface area contributed by atoms with E-state index in [1.807, 2.05) is 61.5 Å². The minimum atomic E-state index is -1.86. The Morgan fingerprint density at radius 3 is 2.40 bits per heavy atom. The largest absolute Gasteiger partial charge is 0.507 e. The molecular weight excluding hydrogens is 530 g/mol. The van der Waals surface area contributed by atoms with E-state index >= 15 is 0 Å². The highest BCUT2D eigenvalue weighted by Gasteiger charge is 2.61. The van der Waals surface area contributed by atoms with Gasteiger partial charge in [-0.25, -0.2) is 0 Å². The number of carbonyl (C=O) groups excluding carboxylic acids is 1. The predicted molar refractivity (Wildman–Crippen MR) is 157 cm³/mol. The minimum absolute atomic E-state index is 0.0204. The van der Waals surface area contributed by atoms with Gasteiger partial charge < -0.3 is 24.9 Å². The molecule has 4 aromatic carbocycles. The van der Waals surface area contributed by atoms with Crippen molar-refractivity contribution in [3.8, 4) is 28.9 Å². The van der Waals surface area contributed by atoms with Gasteiger partial charge in [0.1, 0.15) is 45.3 Å². The van der Waals surface area contributed by atoms with Crippen LogP contribution in [0.5, 0.6) is 11.5 Å². The molecular formula is C34H23N3O5. The van der Waals surface area contributed by atoms with Crippen LogP contribution in [-0.2, 0) is 16.8 Å². The lowest BCUT2D eigenvalue weighted by molar-refractivity contribution is -0.121. The zero-order valence-electron chi connectivity index (χ0n) is 22.4. The number of nitriles is 1. The topological polar surface area (TPSA) is 130 Å². The number of rotatable bonds is 3. The van der Waals surface area contributed by atoms with Crippen LogP contribution in [-0.4, -0.2) is 11.0 Å². The van der Waals surface area contributed by atoms with E-state index in [9.17, 15) is 20.0 Å². The number of amides is 1. The van der Waals surface area contributed by atoms with E-state index in [4.69, 9.17) is 14.9 Å². The number of nitrogens with two attached hydrogens (primary N) is 1. The van der Waals surface area contributed by atoms with Gasteiger partial charge in [0.25, 0.3) is 0 Å². The third-order valence-corrected chi connectivity index (χ3v) is 8.00. The maximum absolute atomic E-state index is 14.8. The van der Waals surface area contributed by atoms with Gasteiger partial charge in [0, 0.05) is 23.3 Å². The average Bonchev–Trinajstić information content (AvgIpc) is 3.22. The number of anilines is 1. The Kier molecular flexibility index (Phi) is 5.46. The second-order valence-electron chi connectivity index (χ2n) is 10.4. The van der Waals surface area contributed by atoms with Crippen molar-refractivity contribution in [2.75, 3.05) is 4.90 Å². The van der Waals surface area contributed by atoms with Crippen LogP contribution in [0.25, 0.3) is 22.3 Å². The number of fused-ring (bicyclic) bond motifs is 5. The molecule has 0 fully saturated rings. The minimum Gasteiger partial charge on any atom is -0.507 e. The van der Waals surface area contributed by atoms with Gasteiger partial charge in [-0.3, -0.25) is 9.59 Å². The number of para-hydroxylation sites is 1. The van der Waals surface area contributed by atoms with Gasteiger partial charge in [-0.05, 0) is 18.1 Å². The summed E-state index contributed by atoms with van der Waals surface area (Å²) in [6.07, 6.45) is 0. The number of aromatic hydroxyl groups is 1. The summed E-state index contributed by atoms with van der Waals surface area (Å²) in [5.74, 6) is -0.941. The lowest BCUT2D eigenvalue weighted by Gasteiger charge is -2.35. The molecule has 2 aliphatic heterocycles. The molecule has 3 N–H and O–H groups in total. The Balaban J connectivity index is 1.55. The molecule has 8 nitrogen and oxygen atoms in total. The van der Waals surface area contributed by atoms with E-state index in [0.717, 1.165) is 11.1 Å². The van der Waals surface area contributed by atoms with Gasteiger partial charge in [0.05, 0.1) is 17.8 Å². The Hall–Kier alpha value is -5.81. The molecule has 1 atom stereocenters. The van der Waals surface area contributed by atoms with Gasteiger partial charge in [0.15, 0.2) is 5.43 Å². The number of phenolic OH excluding ortho intramolecular Hbond substituents is 1. The van der Waals surface area contributed by atoms with Crippen molar-refractivity contribution in [3.63, 3.8) is 0 Å². The lowest BCUT2D eigenvalue weighted by Crippen LogP contribution is -2.45. The van der Waals surface area contributed by atoms with Crippen molar-refractivity contribution in [2.45, 2.75) is 18.9 Å². The summed E-state index contributed by atoms with van der Waals surface area (Å²) in [7, 11) is 0. The second-order valence-corrected chi connectivity index (χ2v) is 10.4. The van der Waals surface area contributed by atoms with Crippen LogP contribution >= 0.6 is 0 Å². The Labute approximate surface area is 240 Å². The number of nitrogens with zero attached hydrogens (tertiary/aromatic N) is 2. The number of carbonyl (C=O) groups is 1. The molecule has 1 spiro atoms. The summed E-state index contributed by atoms with van der Waals surface area (Å²) in [6.45, 7) is 2.09. The Morgan fingerprint density at radius 1 is 0.976 bits per heavy atom. The molecule has 42 heavy (non-hydrogen) atoms. The van der Waals surface area contributed by atoms with E-state index in [1.54, 1.807) is 29.2 Å². The van der Waals surface area contributed by atoms with E-state index < -0.39 is 22.5 Å². The fourth-order valence-electron chi connectivity index (χ4n) is 6.22. The van der Waals surface area contributed by atoms with Gasteiger partial charge in [-0.2, -0.15) is 5.26 Å². The molecule has 0 bridgehead atoms. The van der Waals surface area contributed by atoms with Crippen molar-refractivity contribution in [2.24, 2.45) is 5.73 Å². The molecule has 0 radical (unpaired) electrons. The third-order valence-electron chi connectivity index (χ3n) is 8.00. The van der Waals surface area contributed by atoms with Crippen LogP contribution in [0.4, 0.5) is 5.69 Å². The highest BCUT2D eigenvalue weighted by molar-refractivity contribution is 6.16. The standard InChI is InChI=1S/C34H23N3O5/c1-19-9-8-14-22-30(19)37(18-20-10-4-2-5-11-20)33(40)34(22)23(17-35)32(36)42-27-16-26-28(31(39)29(27)34)24(38)15-25(41-26)21-12-6-3-7-13-21/h2-16,39H,18,36H2,1H3. The van der Waals surface area contributed by atoms with E-state index in [0.29, 0.717) is 22.6 Å². The number of phenols is 1. The Bertz CT molecular complexity index is 2080. The first-order chi connectivity index (χ1) is 20.4. The van der Waals surface area contributed by atoms with Crippen molar-refractivity contribution in [3.05, 3.63) is 135 Å². The summed E-state index contributed by atoms with van der Waals surface area (Å²) in [5, 5.41) is 22.2. The second kappa shape index (κ2) is 9.11. The molecule has 0 saturated heterocycles. The van der Waals surface area contributed by atoms with Gasteiger partial charge in [-0.1, -0.05) is 78.9 Å². The Morgan fingerprint density at radius 2 is 1.69 bits per heavy atom. The summed E-state index contributed by atoms with van der Waals surface area (Å²) in [6, 6.07) is 28.8. The number of aryl methyl sites for hydroxylation is 1. The first-order valence-electron chi connectivity index (χ1n) is 13.3. The maximum Gasteiger partial charge on any atom is 0.248 e. The molecule has 0 saturated carbocycles. The van der Waals surface area contributed by atoms with E-state index in [-0.39, 0.29) is 40.3 Å². The molecule has 1 aromatic heterocycles. The zero-order valence-corrected chi connectivity index (χ0v) is 22.4. The number of ether oxygens (including phenoxy) is 1. The van der Waals surface area contributed by atoms with Gasteiger partial charge >= 0.3 is 0 Å². The van der Waals surface area contributed by atoms with E-state index in [2.05, 4.69) is 6.07 Å². The first kappa shape index (κ1) is 25.2. The molecule has 5 aromatic rings. The molecule has 0 aliphatic carbocycles. The SMILES string of the molecule is Cc1cccc2c1N(Cc1ccccc1)C(=O)C21C(C#N)=C(N)Oc2cc3oc(-c4ccccc4)cc(=O)c3c(O)c21. The number of hydrogen-bond donors (Lipinski definition) is 2. The first-order valence-corrected chi connectivity index (χ1v) is 13.3. The summed E-state index contributed by atoms with van der Waals surface area (Å²) < 4.78 is 12.0. The summed E-state index contributed by atoms with van der Waals surface area (Å²) in [4.78, 5) is 29.9. The molecule has 2 aliphatic rings. The quantitative estimate of drug-likeness (QED) is 0.306. The average molecular weight is 554 g/mol. The van der Waals surface area contributed by atoms with Crippen molar-refractivity contribution in [1.82, 2.24) is 0 Å². The van der Waals surface area contributed by atoms with Crippen LogP contribution < -0.4 is 20.8 Å². The zero-order chi connectivity index (χ0) is 29.2. The fraction of sp³-hybridized carbons (Fsp3) is 0.0882. The molecule has 7 rings (SSSR count). The number of hydrogen-bond acceptors (Lipinski definition) is 7. The summed E-state index contributed by atoms with van der Waals surface area (Å²) in [5.41, 5.74) is 7.26. The van der Waals surface area contributed by atoms with Crippen molar-refractivity contribution < 1.29 is 19.1 Å².